The molecule has 0 radical (unpaired) electrons. The molecule has 0 bridgehead atoms. The molecule has 1 amide bonds. The van der Waals surface area contributed by atoms with Gasteiger partial charge in [-0.15, -0.1) is 11.3 Å². The summed E-state index contributed by atoms with van der Waals surface area (Å²) in [5.74, 6) is 0.997. The monoisotopic (exact) mass is 527 g/mol. The van der Waals surface area contributed by atoms with Crippen molar-refractivity contribution in [3.8, 4) is 5.75 Å². The van der Waals surface area contributed by atoms with Crippen molar-refractivity contribution in [3.05, 3.63) is 63.4 Å². The first kappa shape index (κ1) is 22.8. The molecule has 2 saturated heterocycles. The third kappa shape index (κ3) is 5.77. The second kappa shape index (κ2) is 10.6. The van der Waals surface area contributed by atoms with Gasteiger partial charge in [0.1, 0.15) is 11.9 Å². The molecule has 7 heteroatoms. The third-order valence-corrected chi connectivity index (χ3v) is 8.29. The molecule has 2 aliphatic heterocycles. The average Bonchev–Trinajstić information content (AvgIpc) is 3.27. The number of carbonyl (C=O) groups excluding carboxylic acids is 1. The summed E-state index contributed by atoms with van der Waals surface area (Å²) in [6.07, 6.45) is 4.38. The average molecular weight is 529 g/mol. The van der Waals surface area contributed by atoms with Gasteiger partial charge in [0.2, 0.25) is 0 Å². The van der Waals surface area contributed by atoms with Gasteiger partial charge in [-0.1, -0.05) is 24.3 Å². The van der Waals surface area contributed by atoms with E-state index in [1.807, 2.05) is 18.2 Å². The molecule has 3 aromatic rings. The number of likely N-dealkylation sites (tertiary alicyclic amines) is 1. The van der Waals surface area contributed by atoms with Crippen LogP contribution in [0.2, 0.25) is 0 Å². The number of rotatable bonds is 6. The number of fused-ring (bicyclic) bond motifs is 1. The molecule has 2 fully saturated rings. The number of hydrogen-bond acceptors (Lipinski definition) is 5. The van der Waals surface area contributed by atoms with Gasteiger partial charge < -0.3 is 15.4 Å². The Morgan fingerprint density at radius 2 is 1.88 bits per heavy atom. The second-order valence-corrected chi connectivity index (χ2v) is 10.9. The first-order valence-corrected chi connectivity index (χ1v) is 13.4. The van der Waals surface area contributed by atoms with E-state index in [1.165, 1.54) is 5.56 Å². The van der Waals surface area contributed by atoms with Gasteiger partial charge in [-0.25, -0.2) is 0 Å². The molecular weight excluding hydrogens is 498 g/mol. The minimum Gasteiger partial charge on any atom is -0.489 e. The molecule has 2 aromatic carbocycles. The molecule has 0 spiro atoms. The Morgan fingerprint density at radius 1 is 1.09 bits per heavy atom. The lowest BCUT2D eigenvalue weighted by molar-refractivity contribution is 0.0913. The highest BCUT2D eigenvalue weighted by Gasteiger charge is 2.22. The molecule has 2 aliphatic rings. The molecular formula is C26H30BrN3O2S. The maximum absolute atomic E-state index is 12.7. The maximum atomic E-state index is 12.7. The van der Waals surface area contributed by atoms with Crippen LogP contribution in [0.15, 0.2) is 53.0 Å². The fourth-order valence-electron chi connectivity index (χ4n) is 4.68. The second-order valence-electron chi connectivity index (χ2n) is 9.00. The lowest BCUT2D eigenvalue weighted by atomic mass is 10.0. The zero-order valence-corrected chi connectivity index (χ0v) is 21.1. The van der Waals surface area contributed by atoms with Gasteiger partial charge in [0.05, 0.1) is 9.35 Å². The molecule has 0 aliphatic carbocycles. The van der Waals surface area contributed by atoms with Crippen LogP contribution in [0.5, 0.6) is 5.75 Å². The van der Waals surface area contributed by atoms with Gasteiger partial charge in [-0.2, -0.15) is 0 Å². The lowest BCUT2D eigenvalue weighted by Crippen LogP contribution is -2.44. The molecule has 0 saturated carbocycles. The summed E-state index contributed by atoms with van der Waals surface area (Å²) >= 11 is 5.27. The summed E-state index contributed by atoms with van der Waals surface area (Å²) in [4.78, 5) is 16.0. The van der Waals surface area contributed by atoms with Crippen LogP contribution >= 0.6 is 27.3 Å². The standard InChI is InChI=1S/C26H30BrN3O2S/c27-22-15-18(5-6-23(22)32-21-7-11-28-12-8-21)17-30-13-9-20(10-14-30)29-26(31)25-16-19-3-1-2-4-24(19)33-25/h1-6,15-16,20-21,28H,7-14,17H2,(H,29,31). The van der Waals surface area contributed by atoms with Crippen LogP contribution in [0.25, 0.3) is 10.1 Å². The summed E-state index contributed by atoms with van der Waals surface area (Å²) in [6, 6.07) is 16.9. The number of piperidine rings is 2. The molecule has 2 N–H and O–H groups in total. The number of benzene rings is 2. The highest BCUT2D eigenvalue weighted by atomic mass is 79.9. The maximum Gasteiger partial charge on any atom is 0.261 e. The topological polar surface area (TPSA) is 53.6 Å². The molecule has 5 rings (SSSR count). The molecule has 5 nitrogen and oxygen atoms in total. The van der Waals surface area contributed by atoms with E-state index in [2.05, 4.69) is 61.8 Å². The molecule has 1 aromatic heterocycles. The van der Waals surface area contributed by atoms with E-state index in [4.69, 9.17) is 4.74 Å². The molecule has 33 heavy (non-hydrogen) atoms. The van der Waals surface area contributed by atoms with E-state index in [9.17, 15) is 4.79 Å². The van der Waals surface area contributed by atoms with E-state index >= 15 is 0 Å². The molecule has 0 unspecified atom stereocenters. The number of thiophene rings is 1. The lowest BCUT2D eigenvalue weighted by Gasteiger charge is -2.32. The van der Waals surface area contributed by atoms with Crippen LogP contribution in [0.4, 0.5) is 0 Å². The van der Waals surface area contributed by atoms with Gasteiger partial charge in [-0.05, 0) is 89.9 Å². The fourth-order valence-corrected chi connectivity index (χ4v) is 6.16. The number of amides is 1. The largest absolute Gasteiger partial charge is 0.489 e. The van der Waals surface area contributed by atoms with E-state index < -0.39 is 0 Å². The minimum atomic E-state index is 0.0583. The number of ether oxygens (including phenoxy) is 1. The molecule has 3 heterocycles. The fraction of sp³-hybridized carbons (Fsp3) is 0.423. The highest BCUT2D eigenvalue weighted by Crippen LogP contribution is 2.29. The smallest absolute Gasteiger partial charge is 0.261 e. The number of carbonyl (C=O) groups is 1. The normalized spacial score (nSPS) is 18.5. The molecule has 0 atom stereocenters. The van der Waals surface area contributed by atoms with E-state index in [0.717, 1.165) is 83.6 Å². The van der Waals surface area contributed by atoms with Crippen LogP contribution in [0, 0.1) is 0 Å². The van der Waals surface area contributed by atoms with E-state index in [0.29, 0.717) is 6.10 Å². The zero-order chi connectivity index (χ0) is 22.6. The van der Waals surface area contributed by atoms with Crippen LogP contribution in [0.1, 0.15) is 40.9 Å². The summed E-state index contributed by atoms with van der Waals surface area (Å²) in [5, 5.41) is 7.77. The van der Waals surface area contributed by atoms with Crippen LogP contribution in [0.3, 0.4) is 0 Å². The number of nitrogens with zero attached hydrogens (tertiary/aromatic N) is 1. The Morgan fingerprint density at radius 3 is 2.64 bits per heavy atom. The predicted molar refractivity (Wildman–Crippen MR) is 138 cm³/mol. The minimum absolute atomic E-state index is 0.0583. The number of hydrogen-bond donors (Lipinski definition) is 2. The highest BCUT2D eigenvalue weighted by molar-refractivity contribution is 9.10. The molecule has 174 valence electrons. The van der Waals surface area contributed by atoms with E-state index in [-0.39, 0.29) is 11.9 Å². The van der Waals surface area contributed by atoms with Crippen molar-refractivity contribution in [2.45, 2.75) is 44.4 Å². The van der Waals surface area contributed by atoms with Crippen molar-refractivity contribution in [1.82, 2.24) is 15.5 Å². The van der Waals surface area contributed by atoms with Crippen molar-refractivity contribution in [2.24, 2.45) is 0 Å². The van der Waals surface area contributed by atoms with Gasteiger partial charge in [0, 0.05) is 30.4 Å². The Labute approximate surface area is 207 Å². The first-order chi connectivity index (χ1) is 16.1. The number of halogens is 1. The Balaban J connectivity index is 1.10. The summed E-state index contributed by atoms with van der Waals surface area (Å²) in [5.41, 5.74) is 1.28. The van der Waals surface area contributed by atoms with Crippen molar-refractivity contribution < 1.29 is 9.53 Å². The van der Waals surface area contributed by atoms with Crippen molar-refractivity contribution in [2.75, 3.05) is 26.2 Å². The van der Waals surface area contributed by atoms with Gasteiger partial charge in [0.15, 0.2) is 0 Å². The van der Waals surface area contributed by atoms with Crippen molar-refractivity contribution in [1.29, 1.82) is 0 Å². The Hall–Kier alpha value is -1.93. The van der Waals surface area contributed by atoms with Gasteiger partial charge in [0.25, 0.3) is 5.91 Å². The SMILES string of the molecule is O=C(NC1CCN(Cc2ccc(OC3CCNCC3)c(Br)c2)CC1)c1cc2ccccc2s1. The van der Waals surface area contributed by atoms with Crippen LogP contribution < -0.4 is 15.4 Å². The van der Waals surface area contributed by atoms with Gasteiger partial charge in [-0.3, -0.25) is 9.69 Å². The zero-order valence-electron chi connectivity index (χ0n) is 18.7. The van der Waals surface area contributed by atoms with Crippen LogP contribution in [-0.4, -0.2) is 49.1 Å². The van der Waals surface area contributed by atoms with Crippen molar-refractivity contribution >= 4 is 43.3 Å². The third-order valence-electron chi connectivity index (χ3n) is 6.55. The van der Waals surface area contributed by atoms with E-state index in [1.54, 1.807) is 11.3 Å². The number of nitrogens with one attached hydrogen (secondary N) is 2. The summed E-state index contributed by atoms with van der Waals surface area (Å²) in [7, 11) is 0. The van der Waals surface area contributed by atoms with Gasteiger partial charge >= 0.3 is 0 Å². The summed E-state index contributed by atoms with van der Waals surface area (Å²) < 4.78 is 8.39. The quantitative estimate of drug-likeness (QED) is 0.463. The Kier molecular flexibility index (Phi) is 7.30. The predicted octanol–water partition coefficient (Wildman–Crippen LogP) is 5.19. The van der Waals surface area contributed by atoms with Crippen LogP contribution in [-0.2, 0) is 6.54 Å². The van der Waals surface area contributed by atoms with Crippen molar-refractivity contribution in [3.63, 3.8) is 0 Å². The Bertz CT molecular complexity index is 1070. The first-order valence-electron chi connectivity index (χ1n) is 11.8. The summed E-state index contributed by atoms with van der Waals surface area (Å²) in [6.45, 7) is 4.95.